The summed E-state index contributed by atoms with van der Waals surface area (Å²) < 4.78 is 0. The summed E-state index contributed by atoms with van der Waals surface area (Å²) in [7, 11) is 0. The Labute approximate surface area is 68.4 Å². The molecule has 0 radical (unpaired) electrons. The van der Waals surface area contributed by atoms with E-state index in [-0.39, 0.29) is 7.43 Å². The molecule has 0 amide bonds. The Morgan fingerprint density at radius 2 is 2.18 bits per heavy atom. The Kier molecular flexibility index (Phi) is 2.18. The molecule has 0 fully saturated rings. The first-order valence-electron chi connectivity index (χ1n) is 3.70. The molecule has 1 aliphatic rings. The van der Waals surface area contributed by atoms with Crippen molar-refractivity contribution >= 4 is 5.69 Å². The van der Waals surface area contributed by atoms with Gasteiger partial charge in [-0.05, 0) is 25.0 Å². The smallest absolute Gasteiger partial charge is 0.0373 e. The van der Waals surface area contributed by atoms with Crippen molar-refractivity contribution in [3.8, 4) is 0 Å². The quantitative estimate of drug-likeness (QED) is 0.598. The number of hydrogen-bond acceptors (Lipinski definition) is 1. The van der Waals surface area contributed by atoms with Gasteiger partial charge in [0.2, 0.25) is 0 Å². The summed E-state index contributed by atoms with van der Waals surface area (Å²) >= 11 is 0. The van der Waals surface area contributed by atoms with Crippen LogP contribution in [-0.2, 0) is 6.42 Å². The van der Waals surface area contributed by atoms with Crippen LogP contribution in [-0.4, -0.2) is 6.54 Å². The van der Waals surface area contributed by atoms with E-state index in [2.05, 4.69) is 30.4 Å². The van der Waals surface area contributed by atoms with Crippen molar-refractivity contribution in [3.05, 3.63) is 29.3 Å². The average molecular weight is 149 g/mol. The minimum Gasteiger partial charge on any atom is -0.384 e. The highest BCUT2D eigenvalue weighted by Gasteiger charge is 2.07. The molecule has 11 heavy (non-hydrogen) atoms. The van der Waals surface area contributed by atoms with Gasteiger partial charge >= 0.3 is 0 Å². The molecule has 0 aromatic heterocycles. The maximum atomic E-state index is 3.33. The highest BCUT2D eigenvalue weighted by molar-refractivity contribution is 5.56. The number of nitrogens with one attached hydrogen (secondary N) is 1. The van der Waals surface area contributed by atoms with Crippen molar-refractivity contribution in [2.45, 2.75) is 20.8 Å². The fraction of sp³-hybridized carbons (Fsp3) is 0.400. The van der Waals surface area contributed by atoms with E-state index < -0.39 is 0 Å². The third-order valence-corrected chi connectivity index (χ3v) is 1.97. The van der Waals surface area contributed by atoms with Crippen molar-refractivity contribution in [2.75, 3.05) is 11.9 Å². The second-order valence-electron chi connectivity index (χ2n) is 2.84. The van der Waals surface area contributed by atoms with Gasteiger partial charge in [0.25, 0.3) is 0 Å². The minimum absolute atomic E-state index is 0. The van der Waals surface area contributed by atoms with Crippen LogP contribution >= 0.6 is 0 Å². The van der Waals surface area contributed by atoms with Gasteiger partial charge in [0.05, 0.1) is 0 Å². The van der Waals surface area contributed by atoms with Gasteiger partial charge in [-0.3, -0.25) is 0 Å². The molecule has 60 valence electrons. The zero-order chi connectivity index (χ0) is 6.97. The molecule has 1 heterocycles. The number of aryl methyl sites for hydroxylation is 1. The molecular weight excluding hydrogens is 134 g/mol. The zero-order valence-electron chi connectivity index (χ0n) is 6.15. The summed E-state index contributed by atoms with van der Waals surface area (Å²) in [5, 5.41) is 3.33. The number of rotatable bonds is 0. The first-order valence-corrected chi connectivity index (χ1v) is 3.70. The van der Waals surface area contributed by atoms with E-state index in [4.69, 9.17) is 0 Å². The Bertz CT molecular complexity index is 253. The Hall–Kier alpha value is -0.980. The topological polar surface area (TPSA) is 12.0 Å². The van der Waals surface area contributed by atoms with Crippen LogP contribution in [0.3, 0.4) is 0 Å². The second kappa shape index (κ2) is 2.95. The van der Waals surface area contributed by atoms with Gasteiger partial charge in [-0.15, -0.1) is 0 Å². The number of hydrogen-bond donors (Lipinski definition) is 1. The van der Waals surface area contributed by atoms with Gasteiger partial charge in [-0.2, -0.15) is 0 Å². The molecule has 0 atom stereocenters. The number of benzene rings is 1. The fourth-order valence-electron chi connectivity index (χ4n) is 1.43. The second-order valence-corrected chi connectivity index (χ2v) is 2.84. The van der Waals surface area contributed by atoms with Gasteiger partial charge in [0.1, 0.15) is 0 Å². The molecule has 1 nitrogen and oxygen atoms in total. The van der Waals surface area contributed by atoms with E-state index in [0.29, 0.717) is 0 Å². The molecule has 1 aromatic carbocycles. The maximum absolute atomic E-state index is 3.33. The highest BCUT2D eigenvalue weighted by atomic mass is 14.9. The molecule has 0 saturated carbocycles. The van der Waals surface area contributed by atoms with E-state index in [1.54, 1.807) is 0 Å². The van der Waals surface area contributed by atoms with Crippen molar-refractivity contribution < 1.29 is 0 Å². The molecule has 0 bridgehead atoms. The summed E-state index contributed by atoms with van der Waals surface area (Å²) in [4.78, 5) is 0. The molecule has 0 spiro atoms. The van der Waals surface area contributed by atoms with Crippen molar-refractivity contribution in [3.63, 3.8) is 0 Å². The summed E-state index contributed by atoms with van der Waals surface area (Å²) in [6.45, 7) is 3.25. The molecule has 1 aliphatic heterocycles. The molecule has 0 unspecified atom stereocenters. The van der Waals surface area contributed by atoms with E-state index in [1.165, 1.54) is 23.2 Å². The van der Waals surface area contributed by atoms with E-state index in [0.717, 1.165) is 6.54 Å². The predicted molar refractivity (Wildman–Crippen MR) is 50.1 cm³/mol. The van der Waals surface area contributed by atoms with Crippen LogP contribution in [0.1, 0.15) is 18.6 Å². The average Bonchev–Trinajstić information content (AvgIpc) is 2.33. The molecule has 1 aromatic rings. The molecule has 0 saturated heterocycles. The summed E-state index contributed by atoms with van der Waals surface area (Å²) in [5.41, 5.74) is 4.16. The van der Waals surface area contributed by atoms with Crippen molar-refractivity contribution in [2.24, 2.45) is 0 Å². The third kappa shape index (κ3) is 1.37. The number of anilines is 1. The van der Waals surface area contributed by atoms with Crippen molar-refractivity contribution in [1.29, 1.82) is 0 Å². The van der Waals surface area contributed by atoms with Crippen LogP contribution in [0, 0.1) is 6.92 Å². The van der Waals surface area contributed by atoms with Gasteiger partial charge in [-0.25, -0.2) is 0 Å². The molecular formula is C10H15N. The summed E-state index contributed by atoms with van der Waals surface area (Å²) in [5.74, 6) is 0. The first kappa shape index (κ1) is 8.12. The van der Waals surface area contributed by atoms with Crippen LogP contribution in [0.2, 0.25) is 0 Å². The van der Waals surface area contributed by atoms with Gasteiger partial charge < -0.3 is 5.32 Å². The van der Waals surface area contributed by atoms with Gasteiger partial charge in [0, 0.05) is 12.2 Å². The van der Waals surface area contributed by atoms with Crippen LogP contribution in [0.4, 0.5) is 5.69 Å². The zero-order valence-corrected chi connectivity index (χ0v) is 6.15. The van der Waals surface area contributed by atoms with Crippen LogP contribution < -0.4 is 5.32 Å². The molecule has 1 N–H and O–H groups in total. The summed E-state index contributed by atoms with van der Waals surface area (Å²) in [6.07, 6.45) is 1.19. The standard InChI is InChI=1S/C9H11N.CH4/c1-7-2-3-9-8(6-7)4-5-10-9;/h2-3,6,10H,4-5H2,1H3;1H4. The van der Waals surface area contributed by atoms with E-state index >= 15 is 0 Å². The van der Waals surface area contributed by atoms with E-state index in [9.17, 15) is 0 Å². The predicted octanol–water partition coefficient (Wildman–Crippen LogP) is 2.60. The van der Waals surface area contributed by atoms with Gasteiger partial charge in [-0.1, -0.05) is 25.1 Å². The minimum atomic E-state index is 0. The lowest BCUT2D eigenvalue weighted by atomic mass is 10.1. The Morgan fingerprint density at radius 1 is 1.36 bits per heavy atom. The lowest BCUT2D eigenvalue weighted by Crippen LogP contribution is -1.90. The largest absolute Gasteiger partial charge is 0.384 e. The van der Waals surface area contributed by atoms with Gasteiger partial charge in [0.15, 0.2) is 0 Å². The molecule has 1 heteroatoms. The number of fused-ring (bicyclic) bond motifs is 1. The maximum Gasteiger partial charge on any atom is 0.0373 e. The normalized spacial score (nSPS) is 13.2. The van der Waals surface area contributed by atoms with E-state index in [1.807, 2.05) is 0 Å². The Balaban J connectivity index is 0.000000605. The van der Waals surface area contributed by atoms with Crippen LogP contribution in [0.25, 0.3) is 0 Å². The van der Waals surface area contributed by atoms with Crippen LogP contribution in [0.5, 0.6) is 0 Å². The fourth-order valence-corrected chi connectivity index (χ4v) is 1.43. The molecule has 2 rings (SSSR count). The highest BCUT2D eigenvalue weighted by Crippen LogP contribution is 2.22. The summed E-state index contributed by atoms with van der Waals surface area (Å²) in [6, 6.07) is 6.57. The first-order chi connectivity index (χ1) is 4.86. The SMILES string of the molecule is C.Cc1ccc2c(c1)CCN2. The Morgan fingerprint density at radius 3 is 3.00 bits per heavy atom. The molecule has 0 aliphatic carbocycles. The van der Waals surface area contributed by atoms with Crippen LogP contribution in [0.15, 0.2) is 18.2 Å². The monoisotopic (exact) mass is 149 g/mol. The van der Waals surface area contributed by atoms with Crippen molar-refractivity contribution in [1.82, 2.24) is 0 Å². The lowest BCUT2D eigenvalue weighted by molar-refractivity contribution is 1.10. The third-order valence-electron chi connectivity index (χ3n) is 1.97. The lowest BCUT2D eigenvalue weighted by Gasteiger charge is -1.98.